The summed E-state index contributed by atoms with van der Waals surface area (Å²) >= 11 is 5.65. The Labute approximate surface area is 96.8 Å². The highest BCUT2D eigenvalue weighted by Crippen LogP contribution is 2.22. The third-order valence-electron chi connectivity index (χ3n) is 1.86. The molecule has 0 spiro atoms. The molecule has 5 nitrogen and oxygen atoms in total. The number of carbonyl (C=O) groups excluding carboxylic acids is 2. The summed E-state index contributed by atoms with van der Waals surface area (Å²) in [6, 6.07) is 3.92. The van der Waals surface area contributed by atoms with Gasteiger partial charge in [0.15, 0.2) is 6.10 Å². The molecule has 1 atom stereocenters. The lowest BCUT2D eigenvalue weighted by molar-refractivity contribution is -0.125. The highest BCUT2D eigenvalue weighted by atomic mass is 35.5. The first-order valence-electron chi connectivity index (χ1n) is 4.40. The minimum absolute atomic E-state index is 0.111. The van der Waals surface area contributed by atoms with Crippen molar-refractivity contribution in [2.45, 2.75) is 13.0 Å². The molecule has 0 heterocycles. The van der Waals surface area contributed by atoms with E-state index in [1.165, 1.54) is 25.1 Å². The van der Waals surface area contributed by atoms with Crippen molar-refractivity contribution in [3.63, 3.8) is 0 Å². The van der Waals surface area contributed by atoms with Gasteiger partial charge in [-0.15, -0.1) is 0 Å². The van der Waals surface area contributed by atoms with E-state index < -0.39 is 18.0 Å². The zero-order chi connectivity index (χ0) is 12.3. The molecule has 0 fully saturated rings. The van der Waals surface area contributed by atoms with Gasteiger partial charge in [-0.3, -0.25) is 4.79 Å². The number of hydrogen-bond donors (Lipinski definition) is 2. The minimum atomic E-state index is -1.06. The molecule has 0 aromatic heterocycles. The summed E-state index contributed by atoms with van der Waals surface area (Å²) < 4.78 is 4.70. The zero-order valence-corrected chi connectivity index (χ0v) is 9.19. The van der Waals surface area contributed by atoms with Crippen molar-refractivity contribution < 1.29 is 19.4 Å². The van der Waals surface area contributed by atoms with Crippen LogP contribution in [-0.2, 0) is 9.53 Å². The monoisotopic (exact) mass is 243 g/mol. The molecule has 3 N–H and O–H groups in total. The Morgan fingerprint density at radius 2 is 2.12 bits per heavy atom. The molecule has 0 radical (unpaired) electrons. The van der Waals surface area contributed by atoms with Crippen LogP contribution < -0.4 is 5.73 Å². The average Bonchev–Trinajstić information content (AvgIpc) is 2.21. The van der Waals surface area contributed by atoms with Gasteiger partial charge in [0.2, 0.25) is 0 Å². The molecule has 0 bridgehead atoms. The fraction of sp³-hybridized carbons (Fsp3) is 0.200. The maximum absolute atomic E-state index is 11.5. The molecular formula is C10H10ClNO4. The van der Waals surface area contributed by atoms with E-state index in [0.29, 0.717) is 0 Å². The predicted octanol–water partition coefficient (Wildman–Crippen LogP) is 1.08. The number of primary amides is 1. The van der Waals surface area contributed by atoms with Crippen molar-refractivity contribution >= 4 is 23.5 Å². The lowest BCUT2D eigenvalue weighted by atomic mass is 10.2. The normalized spacial score (nSPS) is 11.9. The predicted molar refractivity (Wildman–Crippen MR) is 57.2 cm³/mol. The number of phenolic OH excluding ortho intramolecular Hbond substituents is 1. The zero-order valence-electron chi connectivity index (χ0n) is 8.44. The van der Waals surface area contributed by atoms with E-state index in [1.807, 2.05) is 0 Å². The van der Waals surface area contributed by atoms with Crippen molar-refractivity contribution in [1.82, 2.24) is 0 Å². The van der Waals surface area contributed by atoms with E-state index in [4.69, 9.17) is 22.1 Å². The number of halogens is 1. The number of benzene rings is 1. The second kappa shape index (κ2) is 4.85. The standard InChI is InChI=1S/C10H10ClNO4/c1-5(9(12)14)16-10(15)7-4-6(11)2-3-8(7)13/h2-5,13H,1H3,(H2,12,14)/t5-/m1/s1. The quantitative estimate of drug-likeness (QED) is 0.778. The van der Waals surface area contributed by atoms with E-state index in [2.05, 4.69) is 0 Å². The first-order chi connectivity index (χ1) is 7.41. The summed E-state index contributed by atoms with van der Waals surface area (Å²) in [5, 5.41) is 9.66. The Balaban J connectivity index is 2.88. The van der Waals surface area contributed by atoms with E-state index in [0.717, 1.165) is 0 Å². The number of amides is 1. The van der Waals surface area contributed by atoms with Gasteiger partial charge < -0.3 is 15.6 Å². The molecule has 1 amide bonds. The van der Waals surface area contributed by atoms with Crippen LogP contribution in [0.3, 0.4) is 0 Å². The second-order valence-corrected chi connectivity index (χ2v) is 3.55. The van der Waals surface area contributed by atoms with Crippen molar-refractivity contribution in [3.05, 3.63) is 28.8 Å². The molecule has 0 aliphatic heterocycles. The van der Waals surface area contributed by atoms with Crippen LogP contribution in [0.4, 0.5) is 0 Å². The van der Waals surface area contributed by atoms with Crippen LogP contribution in [0.15, 0.2) is 18.2 Å². The third-order valence-corrected chi connectivity index (χ3v) is 2.10. The maximum Gasteiger partial charge on any atom is 0.342 e. The first-order valence-corrected chi connectivity index (χ1v) is 4.78. The second-order valence-electron chi connectivity index (χ2n) is 3.11. The average molecular weight is 244 g/mol. The van der Waals surface area contributed by atoms with Gasteiger partial charge in [-0.05, 0) is 25.1 Å². The highest BCUT2D eigenvalue weighted by molar-refractivity contribution is 6.31. The number of esters is 1. The molecular weight excluding hydrogens is 234 g/mol. The largest absolute Gasteiger partial charge is 0.507 e. The molecule has 1 rings (SSSR count). The number of carbonyl (C=O) groups is 2. The summed E-state index contributed by atoms with van der Waals surface area (Å²) in [4.78, 5) is 22.2. The third kappa shape index (κ3) is 2.87. The van der Waals surface area contributed by atoms with E-state index >= 15 is 0 Å². The summed E-state index contributed by atoms with van der Waals surface area (Å²) in [5.74, 6) is -1.90. The van der Waals surface area contributed by atoms with Crippen LogP contribution in [-0.4, -0.2) is 23.1 Å². The van der Waals surface area contributed by atoms with Gasteiger partial charge in [0.25, 0.3) is 5.91 Å². The topological polar surface area (TPSA) is 89.6 Å². The fourth-order valence-corrected chi connectivity index (χ4v) is 1.13. The Kier molecular flexibility index (Phi) is 3.73. The van der Waals surface area contributed by atoms with E-state index in [-0.39, 0.29) is 16.3 Å². The molecule has 0 saturated heterocycles. The molecule has 0 aliphatic carbocycles. The van der Waals surface area contributed by atoms with Crippen molar-refractivity contribution in [3.8, 4) is 5.75 Å². The van der Waals surface area contributed by atoms with E-state index in [1.54, 1.807) is 0 Å². The molecule has 6 heteroatoms. The summed E-state index contributed by atoms with van der Waals surface area (Å²) in [6.45, 7) is 1.34. The van der Waals surface area contributed by atoms with Crippen LogP contribution in [0.25, 0.3) is 0 Å². The highest BCUT2D eigenvalue weighted by Gasteiger charge is 2.19. The Morgan fingerprint density at radius 3 is 2.69 bits per heavy atom. The van der Waals surface area contributed by atoms with Crippen molar-refractivity contribution in [2.75, 3.05) is 0 Å². The lowest BCUT2D eigenvalue weighted by Crippen LogP contribution is -2.30. The van der Waals surface area contributed by atoms with Crippen LogP contribution in [0, 0.1) is 0 Å². The molecule has 0 aliphatic rings. The van der Waals surface area contributed by atoms with Gasteiger partial charge in [0.1, 0.15) is 11.3 Å². The van der Waals surface area contributed by atoms with Gasteiger partial charge in [-0.2, -0.15) is 0 Å². The van der Waals surface area contributed by atoms with Crippen molar-refractivity contribution in [2.24, 2.45) is 5.73 Å². The van der Waals surface area contributed by atoms with Gasteiger partial charge in [0.05, 0.1) is 0 Å². The van der Waals surface area contributed by atoms with Gasteiger partial charge in [0, 0.05) is 5.02 Å². The maximum atomic E-state index is 11.5. The molecule has 1 aromatic carbocycles. The molecule has 0 unspecified atom stereocenters. The number of ether oxygens (including phenoxy) is 1. The molecule has 86 valence electrons. The molecule has 16 heavy (non-hydrogen) atoms. The molecule has 1 aromatic rings. The smallest absolute Gasteiger partial charge is 0.342 e. The number of hydrogen-bond acceptors (Lipinski definition) is 4. The van der Waals surface area contributed by atoms with Crippen LogP contribution in [0.1, 0.15) is 17.3 Å². The van der Waals surface area contributed by atoms with Crippen LogP contribution in [0.5, 0.6) is 5.75 Å². The van der Waals surface area contributed by atoms with Crippen molar-refractivity contribution in [1.29, 1.82) is 0 Å². The first kappa shape index (κ1) is 12.3. The molecule has 0 saturated carbocycles. The minimum Gasteiger partial charge on any atom is -0.507 e. The Bertz CT molecular complexity index is 433. The van der Waals surface area contributed by atoms with Crippen LogP contribution >= 0.6 is 11.6 Å². The number of aromatic hydroxyl groups is 1. The Morgan fingerprint density at radius 1 is 1.50 bits per heavy atom. The Hall–Kier alpha value is -1.75. The van der Waals surface area contributed by atoms with E-state index in [9.17, 15) is 14.7 Å². The summed E-state index contributed by atoms with van der Waals surface area (Å²) in [5.41, 5.74) is 4.82. The number of nitrogens with two attached hydrogens (primary N) is 1. The number of phenols is 1. The van der Waals surface area contributed by atoms with Gasteiger partial charge >= 0.3 is 5.97 Å². The summed E-state index contributed by atoms with van der Waals surface area (Å²) in [7, 11) is 0. The van der Waals surface area contributed by atoms with Gasteiger partial charge in [-0.1, -0.05) is 11.6 Å². The SMILES string of the molecule is C[C@@H](OC(=O)c1cc(Cl)ccc1O)C(N)=O. The van der Waals surface area contributed by atoms with Gasteiger partial charge in [-0.25, -0.2) is 4.79 Å². The number of rotatable bonds is 3. The summed E-state index contributed by atoms with van der Waals surface area (Å²) in [6.07, 6.45) is -1.06. The lowest BCUT2D eigenvalue weighted by Gasteiger charge is -2.10. The van der Waals surface area contributed by atoms with Crippen LogP contribution in [0.2, 0.25) is 5.02 Å². The fourth-order valence-electron chi connectivity index (χ4n) is 0.954.